The molecule has 1 fully saturated rings. The van der Waals surface area contributed by atoms with E-state index in [2.05, 4.69) is 28.5 Å². The number of halogens is 1. The summed E-state index contributed by atoms with van der Waals surface area (Å²) in [6.07, 6.45) is 4.49. The molecule has 0 bridgehead atoms. The third-order valence-corrected chi connectivity index (χ3v) is 5.73. The number of nitrogens with zero attached hydrogens (tertiary/aromatic N) is 3. The summed E-state index contributed by atoms with van der Waals surface area (Å²) in [4.78, 5) is 17.3. The monoisotopic (exact) mass is 391 g/mol. The van der Waals surface area contributed by atoms with Gasteiger partial charge in [-0.2, -0.15) is 0 Å². The van der Waals surface area contributed by atoms with Crippen molar-refractivity contribution >= 4 is 11.6 Å². The van der Waals surface area contributed by atoms with Gasteiger partial charge in [0.05, 0.1) is 12.5 Å². The van der Waals surface area contributed by atoms with Crippen LogP contribution in [0.5, 0.6) is 0 Å². The first-order valence-corrected chi connectivity index (χ1v) is 10.1. The van der Waals surface area contributed by atoms with E-state index < -0.39 is 0 Å². The molecule has 0 spiro atoms. The molecule has 2 aromatic carbocycles. The fraction of sp³-hybridized carbons (Fsp3) is 0.292. The minimum absolute atomic E-state index is 0.00571. The van der Waals surface area contributed by atoms with E-state index in [0.29, 0.717) is 19.5 Å². The highest BCUT2D eigenvalue weighted by Gasteiger charge is 2.25. The lowest BCUT2D eigenvalue weighted by Gasteiger charge is -2.37. The van der Waals surface area contributed by atoms with Crippen molar-refractivity contribution in [1.82, 2.24) is 9.47 Å². The first kappa shape index (κ1) is 19.2. The lowest BCUT2D eigenvalue weighted by atomic mass is 9.98. The second kappa shape index (κ2) is 8.52. The zero-order chi connectivity index (χ0) is 20.2. The Morgan fingerprint density at radius 2 is 1.59 bits per heavy atom. The Labute approximate surface area is 171 Å². The van der Waals surface area contributed by atoms with Gasteiger partial charge in [0.15, 0.2) is 0 Å². The number of hydrogen-bond acceptors (Lipinski definition) is 2. The zero-order valence-corrected chi connectivity index (χ0v) is 16.7. The molecule has 5 heteroatoms. The molecule has 0 aliphatic carbocycles. The Morgan fingerprint density at radius 1 is 0.931 bits per heavy atom. The van der Waals surface area contributed by atoms with E-state index in [1.54, 1.807) is 12.1 Å². The molecule has 29 heavy (non-hydrogen) atoms. The first-order valence-electron chi connectivity index (χ1n) is 10.1. The van der Waals surface area contributed by atoms with Crippen molar-refractivity contribution in [2.45, 2.75) is 19.4 Å². The van der Waals surface area contributed by atoms with Crippen molar-refractivity contribution < 1.29 is 9.18 Å². The van der Waals surface area contributed by atoms with Gasteiger partial charge in [0.2, 0.25) is 5.91 Å². The molecular formula is C24H26FN3O. The second-order valence-electron chi connectivity index (χ2n) is 7.55. The van der Waals surface area contributed by atoms with Crippen molar-refractivity contribution in [3.8, 4) is 0 Å². The van der Waals surface area contributed by atoms with Gasteiger partial charge in [-0.05, 0) is 54.4 Å². The van der Waals surface area contributed by atoms with Gasteiger partial charge in [-0.15, -0.1) is 0 Å². The lowest BCUT2D eigenvalue weighted by molar-refractivity contribution is -0.132. The summed E-state index contributed by atoms with van der Waals surface area (Å²) in [7, 11) is 0. The number of benzene rings is 2. The van der Waals surface area contributed by atoms with E-state index in [4.69, 9.17) is 0 Å². The van der Waals surface area contributed by atoms with Crippen LogP contribution in [-0.4, -0.2) is 41.6 Å². The van der Waals surface area contributed by atoms with Crippen molar-refractivity contribution in [3.05, 3.63) is 90.0 Å². The Morgan fingerprint density at radius 3 is 2.24 bits per heavy atom. The number of rotatable bonds is 5. The number of hydrogen-bond donors (Lipinski definition) is 0. The fourth-order valence-electron chi connectivity index (χ4n) is 4.05. The van der Waals surface area contributed by atoms with E-state index in [1.165, 1.54) is 23.3 Å². The van der Waals surface area contributed by atoms with Crippen LogP contribution in [0, 0.1) is 12.7 Å². The van der Waals surface area contributed by atoms with Crippen molar-refractivity contribution in [2.24, 2.45) is 0 Å². The number of anilines is 1. The Balaban J connectivity index is 1.44. The van der Waals surface area contributed by atoms with E-state index in [-0.39, 0.29) is 17.8 Å². The number of aryl methyl sites for hydroxylation is 1. The van der Waals surface area contributed by atoms with E-state index >= 15 is 0 Å². The second-order valence-corrected chi connectivity index (χ2v) is 7.55. The third-order valence-electron chi connectivity index (χ3n) is 5.73. The summed E-state index contributed by atoms with van der Waals surface area (Å²) in [6.45, 7) is 4.98. The van der Waals surface area contributed by atoms with Crippen molar-refractivity contribution in [3.63, 3.8) is 0 Å². The summed E-state index contributed by atoms with van der Waals surface area (Å²) in [5, 5.41) is 0. The van der Waals surface area contributed by atoms with Gasteiger partial charge >= 0.3 is 0 Å². The molecule has 0 saturated carbocycles. The topological polar surface area (TPSA) is 28.5 Å². The predicted molar refractivity (Wildman–Crippen MR) is 114 cm³/mol. The van der Waals surface area contributed by atoms with Crippen LogP contribution in [-0.2, 0) is 4.79 Å². The minimum atomic E-state index is -0.227. The quantitative estimate of drug-likeness (QED) is 0.650. The van der Waals surface area contributed by atoms with Gasteiger partial charge in [0.1, 0.15) is 5.82 Å². The van der Waals surface area contributed by atoms with Gasteiger partial charge in [-0.1, -0.05) is 24.3 Å². The Hall–Kier alpha value is -3.08. The molecule has 0 radical (unpaired) electrons. The number of aromatic nitrogens is 1. The normalized spacial score (nSPS) is 15.4. The number of carbonyl (C=O) groups excluding carboxylic acids is 1. The van der Waals surface area contributed by atoms with Crippen LogP contribution in [0.2, 0.25) is 0 Å². The van der Waals surface area contributed by atoms with Gasteiger partial charge in [0.25, 0.3) is 0 Å². The maximum Gasteiger partial charge on any atom is 0.225 e. The van der Waals surface area contributed by atoms with Gasteiger partial charge in [-0.25, -0.2) is 4.39 Å². The molecular weight excluding hydrogens is 365 g/mol. The van der Waals surface area contributed by atoms with E-state index in [1.807, 2.05) is 41.6 Å². The van der Waals surface area contributed by atoms with Crippen LogP contribution in [0.3, 0.4) is 0 Å². The van der Waals surface area contributed by atoms with Crippen LogP contribution in [0.1, 0.15) is 23.6 Å². The predicted octanol–water partition coefficient (Wildman–Crippen LogP) is 4.26. The molecule has 1 aromatic heterocycles. The number of amides is 1. The van der Waals surface area contributed by atoms with Gasteiger partial charge in [0, 0.05) is 44.3 Å². The molecule has 150 valence electrons. The molecule has 0 unspecified atom stereocenters. The Kier molecular flexibility index (Phi) is 5.65. The summed E-state index contributed by atoms with van der Waals surface area (Å²) in [5.74, 6) is -0.0551. The highest BCUT2D eigenvalue weighted by molar-refractivity contribution is 5.77. The van der Waals surface area contributed by atoms with Crippen LogP contribution in [0.15, 0.2) is 73.1 Å². The summed E-state index contributed by atoms with van der Waals surface area (Å²) in [6, 6.07) is 18.8. The van der Waals surface area contributed by atoms with Gasteiger partial charge < -0.3 is 14.4 Å². The molecule has 0 N–H and O–H groups in total. The SMILES string of the molecule is Cc1ccccc1[C@@H](CC(=O)N1CCN(c2ccc(F)cc2)CC1)n1cccc1. The summed E-state index contributed by atoms with van der Waals surface area (Å²) < 4.78 is 15.3. The van der Waals surface area contributed by atoms with Crippen molar-refractivity contribution in [1.29, 1.82) is 0 Å². The minimum Gasteiger partial charge on any atom is -0.368 e. The molecule has 1 atom stereocenters. The molecule has 1 aliphatic heterocycles. The maximum absolute atomic E-state index is 13.2. The highest BCUT2D eigenvalue weighted by atomic mass is 19.1. The number of piperazine rings is 1. The average molecular weight is 391 g/mol. The average Bonchev–Trinajstić information content (AvgIpc) is 3.28. The first-order chi connectivity index (χ1) is 14.1. The highest BCUT2D eigenvalue weighted by Crippen LogP contribution is 2.26. The Bertz CT molecular complexity index is 945. The van der Waals surface area contributed by atoms with Crippen LogP contribution < -0.4 is 4.90 Å². The van der Waals surface area contributed by atoms with Crippen LogP contribution in [0.4, 0.5) is 10.1 Å². The standard InChI is InChI=1S/C24H26FN3O/c1-19-6-2-3-7-22(19)23(27-12-4-5-13-27)18-24(29)28-16-14-26(15-17-28)21-10-8-20(25)9-11-21/h2-13,23H,14-18H2,1H3/t23-/m1/s1. The summed E-state index contributed by atoms with van der Waals surface area (Å²) in [5.41, 5.74) is 3.38. The summed E-state index contributed by atoms with van der Waals surface area (Å²) >= 11 is 0. The molecule has 3 aromatic rings. The smallest absolute Gasteiger partial charge is 0.225 e. The lowest BCUT2D eigenvalue weighted by Crippen LogP contribution is -2.49. The van der Waals surface area contributed by atoms with E-state index in [9.17, 15) is 9.18 Å². The van der Waals surface area contributed by atoms with Crippen LogP contribution in [0.25, 0.3) is 0 Å². The van der Waals surface area contributed by atoms with Gasteiger partial charge in [-0.3, -0.25) is 4.79 Å². The van der Waals surface area contributed by atoms with Crippen LogP contribution >= 0.6 is 0 Å². The maximum atomic E-state index is 13.2. The van der Waals surface area contributed by atoms with Crippen molar-refractivity contribution in [2.75, 3.05) is 31.1 Å². The fourth-order valence-corrected chi connectivity index (χ4v) is 4.05. The third kappa shape index (κ3) is 4.34. The molecule has 1 amide bonds. The number of carbonyl (C=O) groups is 1. The molecule has 1 saturated heterocycles. The molecule has 2 heterocycles. The largest absolute Gasteiger partial charge is 0.368 e. The molecule has 4 nitrogen and oxygen atoms in total. The molecule has 4 rings (SSSR count). The van der Waals surface area contributed by atoms with E-state index in [0.717, 1.165) is 18.8 Å². The molecule has 1 aliphatic rings. The zero-order valence-electron chi connectivity index (χ0n) is 16.7.